The fourth-order valence-corrected chi connectivity index (χ4v) is 3.43. The maximum atomic E-state index is 13.0. The molecule has 6 nitrogen and oxygen atoms in total. The molecular formula is C21H22ClN3O3. The van der Waals surface area contributed by atoms with Crippen LogP contribution in [-0.2, 0) is 17.9 Å². The van der Waals surface area contributed by atoms with Crippen molar-refractivity contribution in [2.45, 2.75) is 33.9 Å². The van der Waals surface area contributed by atoms with E-state index in [9.17, 15) is 14.4 Å². The van der Waals surface area contributed by atoms with Gasteiger partial charge in [0.2, 0.25) is 5.91 Å². The number of fused-ring (bicyclic) bond motifs is 1. The molecule has 0 bridgehead atoms. The number of hydrogen-bond donors (Lipinski definition) is 1. The molecule has 3 rings (SSSR count). The van der Waals surface area contributed by atoms with Crippen molar-refractivity contribution in [1.29, 1.82) is 0 Å². The molecule has 0 atom stereocenters. The SMILES string of the molecule is Cc1cccc(Cl)c1NC(=O)Cn1c(=O)n(CC(C)C)c(=O)c2ccccc21. The van der Waals surface area contributed by atoms with Crippen molar-refractivity contribution in [2.24, 2.45) is 5.92 Å². The third kappa shape index (κ3) is 3.87. The molecule has 0 spiro atoms. The topological polar surface area (TPSA) is 73.1 Å². The number of para-hydroxylation sites is 2. The number of carbonyl (C=O) groups is 1. The van der Waals surface area contributed by atoms with Gasteiger partial charge in [0.05, 0.1) is 21.6 Å². The molecule has 0 fully saturated rings. The van der Waals surface area contributed by atoms with Crippen molar-refractivity contribution in [1.82, 2.24) is 9.13 Å². The van der Waals surface area contributed by atoms with E-state index < -0.39 is 11.6 Å². The van der Waals surface area contributed by atoms with E-state index in [1.165, 1.54) is 9.13 Å². The van der Waals surface area contributed by atoms with E-state index in [0.29, 0.717) is 21.6 Å². The number of benzene rings is 2. The van der Waals surface area contributed by atoms with Gasteiger partial charge in [-0.3, -0.25) is 18.7 Å². The van der Waals surface area contributed by atoms with Crippen molar-refractivity contribution in [3.8, 4) is 0 Å². The zero-order chi connectivity index (χ0) is 20.4. The van der Waals surface area contributed by atoms with Gasteiger partial charge < -0.3 is 5.32 Å². The summed E-state index contributed by atoms with van der Waals surface area (Å²) >= 11 is 6.18. The average molecular weight is 400 g/mol. The molecule has 0 radical (unpaired) electrons. The summed E-state index contributed by atoms with van der Waals surface area (Å²) in [4.78, 5) is 38.4. The van der Waals surface area contributed by atoms with Gasteiger partial charge in [0.15, 0.2) is 0 Å². The number of aryl methyl sites for hydroxylation is 1. The van der Waals surface area contributed by atoms with Gasteiger partial charge in [0.25, 0.3) is 5.56 Å². The van der Waals surface area contributed by atoms with Gasteiger partial charge in [-0.25, -0.2) is 4.79 Å². The summed E-state index contributed by atoms with van der Waals surface area (Å²) in [5, 5.41) is 3.61. The molecule has 146 valence electrons. The number of rotatable bonds is 5. The molecule has 7 heteroatoms. The van der Waals surface area contributed by atoms with E-state index in [0.717, 1.165) is 5.56 Å². The summed E-state index contributed by atoms with van der Waals surface area (Å²) in [6.45, 7) is 5.76. The molecule has 0 unspecified atom stereocenters. The first-order chi connectivity index (χ1) is 13.3. The molecule has 3 aromatic rings. The normalized spacial score (nSPS) is 11.2. The van der Waals surface area contributed by atoms with E-state index in [4.69, 9.17) is 11.6 Å². The molecular weight excluding hydrogens is 378 g/mol. The Labute approximate surface area is 167 Å². The van der Waals surface area contributed by atoms with Crippen molar-refractivity contribution in [2.75, 3.05) is 5.32 Å². The molecule has 1 heterocycles. The standard InChI is InChI=1S/C21H22ClN3O3/c1-13(2)11-25-20(27)15-8-4-5-10-17(15)24(21(25)28)12-18(26)23-19-14(3)7-6-9-16(19)22/h4-10,13H,11-12H2,1-3H3,(H,23,26). The second-order valence-corrected chi connectivity index (χ2v) is 7.58. The van der Waals surface area contributed by atoms with Gasteiger partial charge >= 0.3 is 5.69 Å². The highest BCUT2D eigenvalue weighted by Gasteiger charge is 2.17. The maximum absolute atomic E-state index is 13.0. The van der Waals surface area contributed by atoms with Crippen molar-refractivity contribution in [3.63, 3.8) is 0 Å². The van der Waals surface area contributed by atoms with Crippen LogP contribution < -0.4 is 16.6 Å². The Bertz CT molecular complexity index is 1140. The van der Waals surface area contributed by atoms with Crippen LogP contribution in [0.25, 0.3) is 10.9 Å². The highest BCUT2D eigenvalue weighted by atomic mass is 35.5. The number of amides is 1. The van der Waals surface area contributed by atoms with Crippen LogP contribution in [0, 0.1) is 12.8 Å². The van der Waals surface area contributed by atoms with Crippen LogP contribution in [-0.4, -0.2) is 15.0 Å². The second kappa shape index (κ2) is 8.02. The third-order valence-electron chi connectivity index (χ3n) is 4.47. The van der Waals surface area contributed by atoms with Crippen LogP contribution in [0.2, 0.25) is 5.02 Å². The highest BCUT2D eigenvalue weighted by Crippen LogP contribution is 2.25. The minimum atomic E-state index is -0.497. The molecule has 0 saturated carbocycles. The van der Waals surface area contributed by atoms with Crippen LogP contribution in [0.4, 0.5) is 5.69 Å². The Morgan fingerprint density at radius 2 is 1.79 bits per heavy atom. The van der Waals surface area contributed by atoms with Crippen LogP contribution in [0.3, 0.4) is 0 Å². The van der Waals surface area contributed by atoms with Crippen LogP contribution in [0.15, 0.2) is 52.1 Å². The summed E-state index contributed by atoms with van der Waals surface area (Å²) < 4.78 is 2.53. The Morgan fingerprint density at radius 3 is 2.46 bits per heavy atom. The smallest absolute Gasteiger partial charge is 0.323 e. The lowest BCUT2D eigenvalue weighted by Crippen LogP contribution is -2.42. The Hall–Kier alpha value is -2.86. The maximum Gasteiger partial charge on any atom is 0.331 e. The second-order valence-electron chi connectivity index (χ2n) is 7.18. The molecule has 1 aromatic heterocycles. The first kappa shape index (κ1) is 19.9. The monoisotopic (exact) mass is 399 g/mol. The predicted octanol–water partition coefficient (Wildman–Crippen LogP) is 3.42. The van der Waals surface area contributed by atoms with E-state index in [-0.39, 0.29) is 24.6 Å². The first-order valence-corrected chi connectivity index (χ1v) is 9.44. The van der Waals surface area contributed by atoms with Crippen molar-refractivity contribution < 1.29 is 4.79 Å². The van der Waals surface area contributed by atoms with Crippen LogP contribution in [0.1, 0.15) is 19.4 Å². The van der Waals surface area contributed by atoms with Gasteiger partial charge in [-0.2, -0.15) is 0 Å². The molecule has 0 aliphatic carbocycles. The van der Waals surface area contributed by atoms with Crippen molar-refractivity contribution >= 4 is 34.1 Å². The number of nitrogens with one attached hydrogen (secondary N) is 1. The van der Waals surface area contributed by atoms with Gasteiger partial charge in [-0.05, 0) is 36.6 Å². The van der Waals surface area contributed by atoms with E-state index in [1.54, 1.807) is 36.4 Å². The summed E-state index contributed by atoms with van der Waals surface area (Å²) in [7, 11) is 0. The number of halogens is 1. The van der Waals surface area contributed by atoms with E-state index in [2.05, 4.69) is 5.32 Å². The Kier molecular flexibility index (Phi) is 5.70. The molecule has 28 heavy (non-hydrogen) atoms. The largest absolute Gasteiger partial charge is 0.331 e. The Balaban J connectivity index is 2.06. The predicted molar refractivity (Wildman–Crippen MR) is 112 cm³/mol. The van der Waals surface area contributed by atoms with Gasteiger partial charge in [0, 0.05) is 6.54 Å². The summed E-state index contributed by atoms with van der Waals surface area (Å²) in [6.07, 6.45) is 0. The summed E-state index contributed by atoms with van der Waals surface area (Å²) in [5.41, 5.74) is 0.935. The van der Waals surface area contributed by atoms with E-state index in [1.807, 2.05) is 26.8 Å². The zero-order valence-electron chi connectivity index (χ0n) is 16.0. The molecule has 0 aliphatic rings. The first-order valence-electron chi connectivity index (χ1n) is 9.07. The fourth-order valence-electron chi connectivity index (χ4n) is 3.16. The van der Waals surface area contributed by atoms with Crippen LogP contribution in [0.5, 0.6) is 0 Å². The van der Waals surface area contributed by atoms with Gasteiger partial charge in [0.1, 0.15) is 6.54 Å². The number of anilines is 1. The Morgan fingerprint density at radius 1 is 1.07 bits per heavy atom. The number of aromatic nitrogens is 2. The highest BCUT2D eigenvalue weighted by molar-refractivity contribution is 6.33. The number of carbonyl (C=O) groups excluding carboxylic acids is 1. The van der Waals surface area contributed by atoms with Gasteiger partial charge in [-0.15, -0.1) is 0 Å². The minimum Gasteiger partial charge on any atom is -0.323 e. The number of hydrogen-bond acceptors (Lipinski definition) is 3. The van der Waals surface area contributed by atoms with Crippen molar-refractivity contribution in [3.05, 3.63) is 73.9 Å². The lowest BCUT2D eigenvalue weighted by molar-refractivity contribution is -0.116. The molecule has 0 saturated heterocycles. The number of nitrogens with zero attached hydrogens (tertiary/aromatic N) is 2. The van der Waals surface area contributed by atoms with Crippen LogP contribution >= 0.6 is 11.6 Å². The summed E-state index contributed by atoms with van der Waals surface area (Å²) in [6, 6.07) is 12.1. The lowest BCUT2D eigenvalue weighted by Gasteiger charge is -2.16. The lowest BCUT2D eigenvalue weighted by atomic mass is 10.2. The minimum absolute atomic E-state index is 0.111. The summed E-state index contributed by atoms with van der Waals surface area (Å²) in [5.74, 6) is -0.280. The molecule has 1 amide bonds. The molecule has 0 aliphatic heterocycles. The molecule has 2 aromatic carbocycles. The quantitative estimate of drug-likeness (QED) is 0.714. The third-order valence-corrected chi connectivity index (χ3v) is 4.78. The molecule has 1 N–H and O–H groups in total. The fraction of sp³-hybridized carbons (Fsp3) is 0.286. The van der Waals surface area contributed by atoms with E-state index >= 15 is 0 Å². The zero-order valence-corrected chi connectivity index (χ0v) is 16.8. The van der Waals surface area contributed by atoms with Gasteiger partial charge in [-0.1, -0.05) is 49.7 Å². The average Bonchev–Trinajstić information content (AvgIpc) is 2.65.